The summed E-state index contributed by atoms with van der Waals surface area (Å²) in [6.45, 7) is 0. The van der Waals surface area contributed by atoms with Gasteiger partial charge >= 0.3 is 0 Å². The number of nitrogens with zero attached hydrogens (tertiary/aromatic N) is 4. The van der Waals surface area contributed by atoms with Gasteiger partial charge in [0.1, 0.15) is 0 Å². The van der Waals surface area contributed by atoms with Crippen molar-refractivity contribution in [1.82, 2.24) is 40.7 Å². The fourth-order valence-electron chi connectivity index (χ4n) is 2.52. The van der Waals surface area contributed by atoms with E-state index in [-0.39, 0.29) is 40.9 Å². The molecule has 0 saturated heterocycles. The molecule has 1 rings (SSSR count). The molecule has 32 heteroatoms. The Morgan fingerprint density at radius 1 is 0.300 bits per heavy atom. The molecule has 40 heavy (non-hydrogen) atoms. The average Bonchev–Trinajstić information content (AvgIpc) is 2.60. The molecular weight excluding hydrogens is 757 g/mol. The Balaban J connectivity index is 4.82. The second kappa shape index (κ2) is 14.6. The Labute approximate surface area is 271 Å². The van der Waals surface area contributed by atoms with Crippen LogP contribution in [0.2, 0.25) is 0 Å². The summed E-state index contributed by atoms with van der Waals surface area (Å²) < 4.78 is 19.0. The third kappa shape index (κ3) is 11.7. The zero-order chi connectivity index (χ0) is 31.1. The summed E-state index contributed by atoms with van der Waals surface area (Å²) in [4.78, 5) is 0. The Bertz CT molecular complexity index is 1090. The SMILES string of the molecule is NC(=S)NP1(NC(N)=S)=NP(NC(N)=S)(NC(N)=S)=NP(NC(N)=S)(NC(N)=S)=NP(NC(N)=S)(NC(N)=S)=N1. The van der Waals surface area contributed by atoms with E-state index >= 15 is 0 Å². The molecule has 0 spiro atoms. The number of nitrogens with one attached hydrogen (secondary N) is 8. The van der Waals surface area contributed by atoms with Gasteiger partial charge in [0.05, 0.1) is 0 Å². The summed E-state index contributed by atoms with van der Waals surface area (Å²) in [6.07, 6.45) is 0. The highest BCUT2D eigenvalue weighted by Crippen LogP contribution is 2.71. The molecule has 0 unspecified atom stereocenters. The number of hydrogen-bond donors (Lipinski definition) is 16. The van der Waals surface area contributed by atoms with Crippen molar-refractivity contribution in [3.05, 3.63) is 0 Å². The van der Waals surface area contributed by atoms with Crippen LogP contribution in [-0.2, 0) is 0 Å². The molecule has 224 valence electrons. The predicted octanol–water partition coefficient (Wildman–Crippen LogP) is -1.55. The number of nitrogens with two attached hydrogens (primary N) is 8. The molecule has 0 aromatic heterocycles. The van der Waals surface area contributed by atoms with E-state index in [1.54, 1.807) is 0 Å². The first kappa shape index (κ1) is 36.5. The standard InChI is InChI=1S/C8H24N20P4S8/c9-1(33)17-29(18-2(10)34)25-30(19-3(11)35,20-4(12)36)27-32(23-7(15)39,24-8(16)40)28-31(26-29,21-5(13)37)22-6(14)38/h(H3,9,17,33)(H3,10,18,34)(H3,11,19,35)(H3,12,20,36)(H3,13,21,37)(H3,14,22,38)(H3,15,23,39)(H3,16,24,40). The number of rotatable bonds is 8. The molecule has 0 aromatic rings. The van der Waals surface area contributed by atoms with Gasteiger partial charge in [0.15, 0.2) is 40.9 Å². The third-order valence-corrected chi connectivity index (χ3v) is 17.9. The van der Waals surface area contributed by atoms with Crippen LogP contribution in [0, 0.1) is 0 Å². The lowest BCUT2D eigenvalue weighted by Crippen LogP contribution is -2.42. The van der Waals surface area contributed by atoms with Crippen LogP contribution < -0.4 is 86.6 Å². The van der Waals surface area contributed by atoms with Gasteiger partial charge in [0.2, 0.25) is 0 Å². The maximum absolute atomic E-state index is 5.84. The summed E-state index contributed by atoms with van der Waals surface area (Å²) in [5.41, 5.74) is 46.7. The summed E-state index contributed by atoms with van der Waals surface area (Å²) >= 11 is 40.7. The van der Waals surface area contributed by atoms with Gasteiger partial charge in [-0.3, -0.25) is 40.7 Å². The van der Waals surface area contributed by atoms with Gasteiger partial charge in [-0.25, -0.2) is 0 Å². The van der Waals surface area contributed by atoms with Crippen molar-refractivity contribution in [2.75, 3.05) is 0 Å². The molecule has 0 saturated carbocycles. The van der Waals surface area contributed by atoms with E-state index in [2.05, 4.69) is 40.7 Å². The fourth-order valence-corrected chi connectivity index (χ4v) is 19.0. The minimum atomic E-state index is -3.91. The molecule has 1 aliphatic rings. The monoisotopic (exact) mass is 780 g/mol. The van der Waals surface area contributed by atoms with Gasteiger partial charge in [-0.15, -0.1) is 0 Å². The van der Waals surface area contributed by atoms with Crippen molar-refractivity contribution in [3.8, 4) is 0 Å². The molecule has 0 bridgehead atoms. The fraction of sp³-hybridized carbons (Fsp3) is 0. The van der Waals surface area contributed by atoms with Crippen LogP contribution in [0.15, 0.2) is 18.1 Å². The quantitative estimate of drug-likeness (QED) is 0.0979. The number of thiocarbonyl (C=S) groups is 8. The number of hydrogen-bond acceptors (Lipinski definition) is 12. The zero-order valence-electron chi connectivity index (χ0n) is 19.5. The molecule has 0 atom stereocenters. The van der Waals surface area contributed by atoms with Gasteiger partial charge in [-0.1, -0.05) is 0 Å². The first-order valence-electron chi connectivity index (χ1n) is 9.33. The molecule has 24 N–H and O–H groups in total. The van der Waals surface area contributed by atoms with E-state index in [4.69, 9.17) is 162 Å². The zero-order valence-corrected chi connectivity index (χ0v) is 29.6. The summed E-state index contributed by atoms with van der Waals surface area (Å²) in [7, 11) is -15.7. The first-order chi connectivity index (χ1) is 18.2. The molecule has 0 radical (unpaired) electrons. The van der Waals surface area contributed by atoms with E-state index in [0.717, 1.165) is 0 Å². The van der Waals surface area contributed by atoms with E-state index in [0.29, 0.717) is 0 Å². The lowest BCUT2D eigenvalue weighted by atomic mass is 11.2. The van der Waals surface area contributed by atoms with Crippen molar-refractivity contribution in [1.29, 1.82) is 0 Å². The van der Waals surface area contributed by atoms with Crippen molar-refractivity contribution >= 4 is 169 Å². The van der Waals surface area contributed by atoms with Crippen LogP contribution in [0.25, 0.3) is 0 Å². The van der Waals surface area contributed by atoms with E-state index in [1.165, 1.54) is 0 Å². The lowest BCUT2D eigenvalue weighted by Gasteiger charge is -2.36. The molecule has 0 aromatic carbocycles. The van der Waals surface area contributed by atoms with Crippen LogP contribution in [-0.4, -0.2) is 40.9 Å². The van der Waals surface area contributed by atoms with Crippen molar-refractivity contribution in [2.45, 2.75) is 0 Å². The molecule has 1 aliphatic heterocycles. The lowest BCUT2D eigenvalue weighted by molar-refractivity contribution is 1.22. The normalized spacial score (nSPS) is 17.2. The Hall–Kier alpha value is -1.56. The van der Waals surface area contributed by atoms with Crippen molar-refractivity contribution in [3.63, 3.8) is 0 Å². The topological polar surface area (TPSA) is 354 Å². The largest absolute Gasteiger partial charge is 0.376 e. The van der Waals surface area contributed by atoms with Crippen molar-refractivity contribution in [2.24, 2.45) is 63.9 Å². The Morgan fingerprint density at radius 3 is 0.475 bits per heavy atom. The summed E-state index contributed by atoms with van der Waals surface area (Å²) in [6, 6.07) is 0. The van der Waals surface area contributed by atoms with E-state index in [1.807, 2.05) is 0 Å². The molecule has 0 amide bonds. The second-order valence-corrected chi connectivity index (χ2v) is 19.6. The highest BCUT2D eigenvalue weighted by molar-refractivity contribution is 7.90. The van der Waals surface area contributed by atoms with Crippen LogP contribution in [0.5, 0.6) is 0 Å². The van der Waals surface area contributed by atoms with Crippen LogP contribution in [0.3, 0.4) is 0 Å². The maximum atomic E-state index is 5.84. The van der Waals surface area contributed by atoms with Crippen LogP contribution >= 0.6 is 128 Å². The summed E-state index contributed by atoms with van der Waals surface area (Å²) in [5.74, 6) is 0. The first-order valence-corrected chi connectivity index (χ1v) is 19.4. The van der Waals surface area contributed by atoms with Crippen molar-refractivity contribution < 1.29 is 0 Å². The molecular formula is C8H24N20P4S8. The highest BCUT2D eigenvalue weighted by Gasteiger charge is 2.40. The van der Waals surface area contributed by atoms with Gasteiger partial charge in [-0.05, 0) is 97.7 Å². The van der Waals surface area contributed by atoms with E-state index in [9.17, 15) is 0 Å². The minimum Gasteiger partial charge on any atom is -0.376 e. The third-order valence-electron chi connectivity index (χ3n) is 3.16. The molecule has 20 nitrogen and oxygen atoms in total. The van der Waals surface area contributed by atoms with Crippen LogP contribution in [0.4, 0.5) is 0 Å². The van der Waals surface area contributed by atoms with Gasteiger partial charge in [-0.2, -0.15) is 18.1 Å². The smallest absolute Gasteiger partial charge is 0.272 e. The molecule has 1 heterocycles. The predicted molar refractivity (Wildman–Crippen MR) is 197 cm³/mol. The summed E-state index contributed by atoms with van der Waals surface area (Å²) in [5, 5.41) is 19.1. The maximum Gasteiger partial charge on any atom is 0.272 e. The van der Waals surface area contributed by atoms with Crippen LogP contribution in [0.1, 0.15) is 0 Å². The van der Waals surface area contributed by atoms with E-state index < -0.39 is 30.0 Å². The Kier molecular flexibility index (Phi) is 13.3. The Morgan fingerprint density at radius 2 is 0.400 bits per heavy atom. The second-order valence-electron chi connectivity index (χ2n) is 6.57. The molecule has 0 aliphatic carbocycles. The molecule has 0 fully saturated rings. The highest BCUT2D eigenvalue weighted by atomic mass is 32.1. The minimum absolute atomic E-state index is 0.332. The van der Waals surface area contributed by atoms with Gasteiger partial charge < -0.3 is 45.9 Å². The van der Waals surface area contributed by atoms with Gasteiger partial charge in [0, 0.05) is 0 Å². The van der Waals surface area contributed by atoms with Gasteiger partial charge in [0.25, 0.3) is 30.0 Å². The average molecular weight is 781 g/mol.